The first-order chi connectivity index (χ1) is 13.8. The summed E-state index contributed by atoms with van der Waals surface area (Å²) in [6.45, 7) is 0.374. The number of ether oxygens (including phenoxy) is 2. The van der Waals surface area contributed by atoms with Crippen LogP contribution in [0.25, 0.3) is 0 Å². The predicted molar refractivity (Wildman–Crippen MR) is 106 cm³/mol. The highest BCUT2D eigenvalue weighted by Crippen LogP contribution is 2.31. The van der Waals surface area contributed by atoms with Crippen molar-refractivity contribution < 1.29 is 27.1 Å². The highest BCUT2D eigenvalue weighted by atomic mass is 32.2. The van der Waals surface area contributed by atoms with Crippen molar-refractivity contribution in [1.29, 1.82) is 0 Å². The molecule has 3 rings (SSSR count). The molecule has 0 spiro atoms. The first kappa shape index (κ1) is 21.1. The van der Waals surface area contributed by atoms with Crippen LogP contribution in [0.1, 0.15) is 12.8 Å². The van der Waals surface area contributed by atoms with Crippen molar-refractivity contribution >= 4 is 21.6 Å². The Morgan fingerprint density at radius 2 is 1.86 bits per heavy atom. The van der Waals surface area contributed by atoms with Crippen molar-refractivity contribution in [2.24, 2.45) is 5.92 Å². The highest BCUT2D eigenvalue weighted by molar-refractivity contribution is 7.89. The Morgan fingerprint density at radius 1 is 1.14 bits per heavy atom. The molecule has 1 atom stereocenters. The Balaban J connectivity index is 1.73. The lowest BCUT2D eigenvalue weighted by atomic mass is 9.98. The second-order valence-corrected chi connectivity index (χ2v) is 8.65. The molecule has 7 nitrogen and oxygen atoms in total. The maximum absolute atomic E-state index is 13.1. The van der Waals surface area contributed by atoms with E-state index in [-0.39, 0.29) is 17.3 Å². The summed E-state index contributed by atoms with van der Waals surface area (Å²) in [4.78, 5) is 12.8. The number of rotatable bonds is 6. The molecular formula is C20H23FN2O5S. The molecule has 9 heteroatoms. The second-order valence-electron chi connectivity index (χ2n) is 6.71. The fourth-order valence-electron chi connectivity index (χ4n) is 3.27. The molecule has 0 aliphatic carbocycles. The van der Waals surface area contributed by atoms with Crippen LogP contribution in [0.15, 0.2) is 47.4 Å². The van der Waals surface area contributed by atoms with Crippen molar-refractivity contribution in [2.45, 2.75) is 17.7 Å². The number of methoxy groups -OCH3 is 2. The third-order valence-electron chi connectivity index (χ3n) is 4.87. The third-order valence-corrected chi connectivity index (χ3v) is 6.75. The minimum atomic E-state index is -3.79. The molecule has 2 aromatic carbocycles. The van der Waals surface area contributed by atoms with E-state index in [1.54, 1.807) is 18.2 Å². The molecular weight excluding hydrogens is 399 g/mol. The summed E-state index contributed by atoms with van der Waals surface area (Å²) in [6.07, 6.45) is 1.12. The van der Waals surface area contributed by atoms with E-state index in [2.05, 4.69) is 5.32 Å². The fraction of sp³-hybridized carbons (Fsp3) is 0.350. The molecule has 1 fully saturated rings. The van der Waals surface area contributed by atoms with Gasteiger partial charge in [0.05, 0.1) is 30.7 Å². The molecule has 1 amide bonds. The van der Waals surface area contributed by atoms with Crippen molar-refractivity contribution in [3.8, 4) is 11.5 Å². The zero-order valence-electron chi connectivity index (χ0n) is 16.2. The summed E-state index contributed by atoms with van der Waals surface area (Å²) >= 11 is 0. The van der Waals surface area contributed by atoms with Crippen molar-refractivity contribution in [1.82, 2.24) is 4.31 Å². The van der Waals surface area contributed by atoms with Gasteiger partial charge in [-0.3, -0.25) is 4.79 Å². The molecule has 0 bridgehead atoms. The number of carbonyl (C=O) groups is 1. The van der Waals surface area contributed by atoms with E-state index in [1.165, 1.54) is 30.7 Å². The van der Waals surface area contributed by atoms with Crippen LogP contribution in [0.3, 0.4) is 0 Å². The van der Waals surface area contributed by atoms with Crippen LogP contribution >= 0.6 is 0 Å². The summed E-state index contributed by atoms with van der Waals surface area (Å²) in [5.41, 5.74) is 0.483. The first-order valence-corrected chi connectivity index (χ1v) is 10.6. The number of carbonyl (C=O) groups excluding carboxylic acids is 1. The fourth-order valence-corrected chi connectivity index (χ4v) is 4.79. The average Bonchev–Trinajstić information content (AvgIpc) is 2.74. The summed E-state index contributed by atoms with van der Waals surface area (Å²) in [7, 11) is -0.773. The van der Waals surface area contributed by atoms with Gasteiger partial charge in [-0.15, -0.1) is 0 Å². The van der Waals surface area contributed by atoms with Crippen LogP contribution in [-0.2, 0) is 14.8 Å². The van der Waals surface area contributed by atoms with Gasteiger partial charge < -0.3 is 14.8 Å². The molecule has 29 heavy (non-hydrogen) atoms. The minimum Gasteiger partial charge on any atom is -0.497 e. The molecule has 1 heterocycles. The van der Waals surface area contributed by atoms with Gasteiger partial charge in [0.25, 0.3) is 0 Å². The Morgan fingerprint density at radius 3 is 2.52 bits per heavy atom. The monoisotopic (exact) mass is 422 g/mol. The van der Waals surface area contributed by atoms with Crippen LogP contribution in [0, 0.1) is 11.7 Å². The third kappa shape index (κ3) is 4.68. The number of hydrogen-bond donors (Lipinski definition) is 1. The molecule has 1 aliphatic rings. The Labute approximate surface area is 169 Å². The molecule has 0 saturated carbocycles. The normalized spacial score (nSPS) is 17.6. The van der Waals surface area contributed by atoms with Crippen LogP contribution in [0.4, 0.5) is 10.1 Å². The largest absolute Gasteiger partial charge is 0.497 e. The molecule has 1 N–H and O–H groups in total. The van der Waals surface area contributed by atoms with Crippen LogP contribution < -0.4 is 14.8 Å². The molecule has 2 aromatic rings. The first-order valence-electron chi connectivity index (χ1n) is 9.13. The topological polar surface area (TPSA) is 84.9 Å². The van der Waals surface area contributed by atoms with Gasteiger partial charge in [-0.05, 0) is 49.2 Å². The number of hydrogen-bond acceptors (Lipinski definition) is 5. The highest BCUT2D eigenvalue weighted by Gasteiger charge is 2.33. The lowest BCUT2D eigenvalue weighted by Gasteiger charge is -2.31. The number of sulfonamides is 1. The van der Waals surface area contributed by atoms with Gasteiger partial charge in [0, 0.05) is 19.2 Å². The minimum absolute atomic E-state index is 0.0109. The molecule has 1 saturated heterocycles. The number of anilines is 1. The SMILES string of the molecule is COc1ccc(NC(=O)[C@H]2CCCN(S(=O)(=O)c3ccc(F)cc3)C2)c(OC)c1. The van der Waals surface area contributed by atoms with Crippen molar-refractivity contribution in [2.75, 3.05) is 32.6 Å². The maximum Gasteiger partial charge on any atom is 0.243 e. The average molecular weight is 422 g/mol. The molecule has 0 unspecified atom stereocenters. The van der Waals surface area contributed by atoms with Gasteiger partial charge in [-0.25, -0.2) is 12.8 Å². The van der Waals surface area contributed by atoms with Crippen LogP contribution in [0.2, 0.25) is 0 Å². The number of piperidine rings is 1. The Kier molecular flexibility index (Phi) is 6.39. The van der Waals surface area contributed by atoms with Crippen molar-refractivity contribution in [3.05, 3.63) is 48.3 Å². The standard InChI is InChI=1S/C20H23FN2O5S/c1-27-16-7-10-18(19(12-16)28-2)22-20(24)14-4-3-11-23(13-14)29(25,26)17-8-5-15(21)6-9-17/h5-10,12,14H,3-4,11,13H2,1-2H3,(H,22,24)/t14-/m0/s1. The molecule has 1 aliphatic heterocycles. The number of halogens is 1. The van der Waals surface area contributed by atoms with Crippen LogP contribution in [-0.4, -0.2) is 45.9 Å². The lowest BCUT2D eigenvalue weighted by Crippen LogP contribution is -2.43. The summed E-state index contributed by atoms with van der Waals surface area (Å²) in [5, 5.41) is 2.81. The van der Waals surface area contributed by atoms with E-state index >= 15 is 0 Å². The Hall–Kier alpha value is -2.65. The van der Waals surface area contributed by atoms with E-state index < -0.39 is 21.8 Å². The number of nitrogens with one attached hydrogen (secondary N) is 1. The van der Waals surface area contributed by atoms with E-state index in [9.17, 15) is 17.6 Å². The second kappa shape index (κ2) is 8.79. The van der Waals surface area contributed by atoms with E-state index in [0.29, 0.717) is 36.6 Å². The van der Waals surface area contributed by atoms with E-state index in [4.69, 9.17) is 9.47 Å². The van der Waals surface area contributed by atoms with E-state index in [1.807, 2.05) is 0 Å². The van der Waals surface area contributed by atoms with Gasteiger partial charge in [-0.1, -0.05) is 0 Å². The smallest absolute Gasteiger partial charge is 0.243 e. The quantitative estimate of drug-likeness (QED) is 0.774. The predicted octanol–water partition coefficient (Wildman–Crippen LogP) is 2.88. The maximum atomic E-state index is 13.1. The van der Waals surface area contributed by atoms with Crippen LogP contribution in [0.5, 0.6) is 11.5 Å². The summed E-state index contributed by atoms with van der Waals surface area (Å²) in [6, 6.07) is 9.71. The number of nitrogens with zero attached hydrogens (tertiary/aromatic N) is 1. The van der Waals surface area contributed by atoms with Gasteiger partial charge in [-0.2, -0.15) is 4.31 Å². The summed E-state index contributed by atoms with van der Waals surface area (Å²) in [5.74, 6) is -0.259. The Bertz CT molecular complexity index is 979. The molecule has 0 aromatic heterocycles. The molecule has 156 valence electrons. The van der Waals surface area contributed by atoms with E-state index in [0.717, 1.165) is 12.1 Å². The molecule has 0 radical (unpaired) electrons. The van der Waals surface area contributed by atoms with Gasteiger partial charge >= 0.3 is 0 Å². The number of amides is 1. The van der Waals surface area contributed by atoms with Gasteiger partial charge in [0.15, 0.2) is 0 Å². The zero-order chi connectivity index (χ0) is 21.0. The number of benzene rings is 2. The summed E-state index contributed by atoms with van der Waals surface area (Å²) < 4.78 is 50.5. The van der Waals surface area contributed by atoms with Crippen molar-refractivity contribution in [3.63, 3.8) is 0 Å². The van der Waals surface area contributed by atoms with Gasteiger partial charge in [0.1, 0.15) is 17.3 Å². The lowest BCUT2D eigenvalue weighted by molar-refractivity contribution is -0.120. The zero-order valence-corrected chi connectivity index (χ0v) is 17.0. The van der Waals surface area contributed by atoms with Gasteiger partial charge in [0.2, 0.25) is 15.9 Å².